The zero-order chi connectivity index (χ0) is 12.5. The van der Waals surface area contributed by atoms with Gasteiger partial charge >= 0.3 is 0 Å². The summed E-state index contributed by atoms with van der Waals surface area (Å²) in [6, 6.07) is 7.08. The van der Waals surface area contributed by atoms with E-state index < -0.39 is 0 Å². The van der Waals surface area contributed by atoms with E-state index in [1.165, 1.54) is 19.3 Å². The standard InChI is InChI=1S/C15H17NO2/c17-9-11-2-1-3-13(7-11)16-15(18)14-8-10-4-5-12(14)6-10/h1-3,7,9-10,12,14H,4-6,8H2,(H,16,18). The van der Waals surface area contributed by atoms with Gasteiger partial charge in [0.1, 0.15) is 6.29 Å². The predicted molar refractivity (Wildman–Crippen MR) is 69.4 cm³/mol. The second-order valence-corrected chi connectivity index (χ2v) is 5.51. The van der Waals surface area contributed by atoms with Crippen LogP contribution in [0.3, 0.4) is 0 Å². The van der Waals surface area contributed by atoms with Gasteiger partial charge in [-0.15, -0.1) is 0 Å². The number of nitrogens with one attached hydrogen (secondary N) is 1. The second kappa shape index (κ2) is 4.56. The Bertz CT molecular complexity index is 483. The SMILES string of the molecule is O=Cc1cccc(NC(=O)C2CC3CCC2C3)c1. The Hall–Kier alpha value is -1.64. The van der Waals surface area contributed by atoms with Crippen molar-refractivity contribution in [3.63, 3.8) is 0 Å². The number of amides is 1. The molecule has 0 aromatic heterocycles. The number of fused-ring (bicyclic) bond motifs is 2. The molecule has 3 unspecified atom stereocenters. The number of anilines is 1. The lowest BCUT2D eigenvalue weighted by molar-refractivity contribution is -0.121. The fourth-order valence-corrected chi connectivity index (χ4v) is 3.49. The molecule has 1 amide bonds. The number of hydrogen-bond acceptors (Lipinski definition) is 2. The first-order chi connectivity index (χ1) is 8.76. The van der Waals surface area contributed by atoms with Crippen LogP contribution in [0.25, 0.3) is 0 Å². The summed E-state index contributed by atoms with van der Waals surface area (Å²) >= 11 is 0. The van der Waals surface area contributed by atoms with Gasteiger partial charge in [0, 0.05) is 17.2 Å². The van der Waals surface area contributed by atoms with E-state index in [0.29, 0.717) is 11.5 Å². The third-order valence-electron chi connectivity index (χ3n) is 4.37. The first-order valence-electron chi connectivity index (χ1n) is 6.62. The van der Waals surface area contributed by atoms with Gasteiger partial charge in [-0.05, 0) is 43.2 Å². The van der Waals surface area contributed by atoms with Gasteiger partial charge in [-0.2, -0.15) is 0 Å². The van der Waals surface area contributed by atoms with Crippen molar-refractivity contribution in [2.24, 2.45) is 17.8 Å². The number of rotatable bonds is 3. The van der Waals surface area contributed by atoms with E-state index in [-0.39, 0.29) is 11.8 Å². The summed E-state index contributed by atoms with van der Waals surface area (Å²) in [5, 5.41) is 2.95. The van der Waals surface area contributed by atoms with Crippen LogP contribution in [-0.4, -0.2) is 12.2 Å². The lowest BCUT2D eigenvalue weighted by atomic mass is 9.88. The smallest absolute Gasteiger partial charge is 0.227 e. The predicted octanol–water partition coefficient (Wildman–Crippen LogP) is 2.87. The molecule has 2 aliphatic rings. The molecule has 1 aromatic rings. The topological polar surface area (TPSA) is 46.2 Å². The molecule has 18 heavy (non-hydrogen) atoms. The van der Waals surface area contributed by atoms with E-state index in [9.17, 15) is 9.59 Å². The molecule has 2 saturated carbocycles. The fraction of sp³-hybridized carbons (Fsp3) is 0.467. The summed E-state index contributed by atoms with van der Waals surface area (Å²) in [5.41, 5.74) is 1.33. The molecule has 0 heterocycles. The molecular weight excluding hydrogens is 226 g/mol. The highest BCUT2D eigenvalue weighted by atomic mass is 16.2. The van der Waals surface area contributed by atoms with Gasteiger partial charge in [0.25, 0.3) is 0 Å². The number of aldehydes is 1. The summed E-state index contributed by atoms with van der Waals surface area (Å²) in [4.78, 5) is 22.9. The van der Waals surface area contributed by atoms with Gasteiger partial charge in [0.2, 0.25) is 5.91 Å². The molecule has 0 aliphatic heterocycles. The van der Waals surface area contributed by atoms with Crippen LogP contribution < -0.4 is 5.32 Å². The summed E-state index contributed by atoms with van der Waals surface area (Å²) in [7, 11) is 0. The normalized spacial score (nSPS) is 29.2. The van der Waals surface area contributed by atoms with Gasteiger partial charge < -0.3 is 5.32 Å². The van der Waals surface area contributed by atoms with Crippen molar-refractivity contribution in [1.82, 2.24) is 0 Å². The van der Waals surface area contributed by atoms with Crippen molar-refractivity contribution in [3.05, 3.63) is 29.8 Å². The Morgan fingerprint density at radius 3 is 2.83 bits per heavy atom. The third kappa shape index (κ3) is 2.05. The monoisotopic (exact) mass is 243 g/mol. The number of carbonyl (C=O) groups is 2. The lowest BCUT2D eigenvalue weighted by Crippen LogP contribution is -2.27. The largest absolute Gasteiger partial charge is 0.326 e. The van der Waals surface area contributed by atoms with Crippen molar-refractivity contribution in [2.75, 3.05) is 5.32 Å². The number of benzene rings is 1. The molecule has 3 heteroatoms. The average Bonchev–Trinajstić information content (AvgIpc) is 3.01. The van der Waals surface area contributed by atoms with E-state index in [1.54, 1.807) is 18.2 Å². The molecular formula is C15H17NO2. The summed E-state index contributed by atoms with van der Waals surface area (Å²) in [6.45, 7) is 0. The highest BCUT2D eigenvalue weighted by Crippen LogP contribution is 2.48. The van der Waals surface area contributed by atoms with Gasteiger partial charge in [0.15, 0.2) is 0 Å². The Morgan fingerprint density at radius 2 is 2.17 bits per heavy atom. The minimum atomic E-state index is 0.130. The molecule has 0 spiro atoms. The zero-order valence-electron chi connectivity index (χ0n) is 10.3. The molecule has 3 rings (SSSR count). The third-order valence-corrected chi connectivity index (χ3v) is 4.37. The lowest BCUT2D eigenvalue weighted by Gasteiger charge is -2.20. The maximum atomic E-state index is 12.2. The minimum absolute atomic E-state index is 0.130. The Morgan fingerprint density at radius 1 is 1.28 bits per heavy atom. The van der Waals surface area contributed by atoms with Crippen LogP contribution in [0.5, 0.6) is 0 Å². The maximum absolute atomic E-state index is 12.2. The van der Waals surface area contributed by atoms with E-state index in [2.05, 4.69) is 5.32 Å². The average molecular weight is 243 g/mol. The van der Waals surface area contributed by atoms with E-state index in [1.807, 2.05) is 6.07 Å². The van der Waals surface area contributed by atoms with Gasteiger partial charge in [-0.25, -0.2) is 0 Å². The molecule has 0 radical (unpaired) electrons. The first-order valence-corrected chi connectivity index (χ1v) is 6.62. The zero-order valence-corrected chi connectivity index (χ0v) is 10.3. The summed E-state index contributed by atoms with van der Waals surface area (Å²) in [5.74, 6) is 1.67. The quantitative estimate of drug-likeness (QED) is 0.830. The van der Waals surface area contributed by atoms with E-state index in [4.69, 9.17) is 0 Å². The van der Waals surface area contributed by atoms with Crippen LogP contribution in [-0.2, 0) is 4.79 Å². The first kappa shape index (κ1) is 11.5. The second-order valence-electron chi connectivity index (χ2n) is 5.51. The van der Waals surface area contributed by atoms with Crippen LogP contribution in [0.4, 0.5) is 5.69 Å². The van der Waals surface area contributed by atoms with Crippen molar-refractivity contribution < 1.29 is 9.59 Å². The molecule has 0 saturated heterocycles. The van der Waals surface area contributed by atoms with Crippen molar-refractivity contribution in [1.29, 1.82) is 0 Å². The van der Waals surface area contributed by atoms with Crippen molar-refractivity contribution in [2.45, 2.75) is 25.7 Å². The Labute approximate surface area is 107 Å². The highest BCUT2D eigenvalue weighted by molar-refractivity contribution is 5.93. The number of carbonyl (C=O) groups excluding carboxylic acids is 2. The van der Waals surface area contributed by atoms with Crippen LogP contribution in [0.15, 0.2) is 24.3 Å². The molecule has 2 fully saturated rings. The number of hydrogen-bond donors (Lipinski definition) is 1. The Kier molecular flexibility index (Phi) is 2.90. The molecule has 2 aliphatic carbocycles. The fourth-order valence-electron chi connectivity index (χ4n) is 3.49. The molecule has 3 nitrogen and oxygen atoms in total. The molecule has 3 atom stereocenters. The van der Waals surface area contributed by atoms with Crippen molar-refractivity contribution >= 4 is 17.9 Å². The van der Waals surface area contributed by atoms with Gasteiger partial charge in [-0.3, -0.25) is 9.59 Å². The maximum Gasteiger partial charge on any atom is 0.227 e. The minimum Gasteiger partial charge on any atom is -0.326 e. The molecule has 1 N–H and O–H groups in total. The van der Waals surface area contributed by atoms with Crippen LogP contribution in [0, 0.1) is 17.8 Å². The summed E-state index contributed by atoms with van der Waals surface area (Å²) < 4.78 is 0. The van der Waals surface area contributed by atoms with E-state index in [0.717, 1.165) is 24.3 Å². The Balaban J connectivity index is 1.68. The van der Waals surface area contributed by atoms with Gasteiger partial charge in [-0.1, -0.05) is 18.6 Å². The molecule has 94 valence electrons. The van der Waals surface area contributed by atoms with Gasteiger partial charge in [0.05, 0.1) is 0 Å². The highest BCUT2D eigenvalue weighted by Gasteiger charge is 2.42. The van der Waals surface area contributed by atoms with E-state index >= 15 is 0 Å². The van der Waals surface area contributed by atoms with Crippen LogP contribution >= 0.6 is 0 Å². The van der Waals surface area contributed by atoms with Crippen LogP contribution in [0.2, 0.25) is 0 Å². The van der Waals surface area contributed by atoms with Crippen molar-refractivity contribution in [3.8, 4) is 0 Å². The summed E-state index contributed by atoms with van der Waals surface area (Å²) in [6.07, 6.45) is 5.58. The molecule has 2 bridgehead atoms. The molecule has 1 aromatic carbocycles. The van der Waals surface area contributed by atoms with Crippen LogP contribution in [0.1, 0.15) is 36.0 Å².